The zero-order valence-electron chi connectivity index (χ0n) is 12.7. The molecule has 0 bridgehead atoms. The fourth-order valence-corrected chi connectivity index (χ4v) is 2.67. The topological polar surface area (TPSA) is 73.6 Å². The summed E-state index contributed by atoms with van der Waals surface area (Å²) in [6.07, 6.45) is 6.23. The van der Waals surface area contributed by atoms with Crippen molar-refractivity contribution in [2.45, 2.75) is 38.5 Å². The first-order chi connectivity index (χ1) is 9.77. The van der Waals surface area contributed by atoms with Crippen LogP contribution in [-0.2, 0) is 14.3 Å². The van der Waals surface area contributed by atoms with E-state index in [9.17, 15) is 4.79 Å². The van der Waals surface area contributed by atoms with Gasteiger partial charge in [-0.05, 0) is 44.6 Å². The molecule has 2 atom stereocenters. The third kappa shape index (κ3) is 7.22. The minimum atomic E-state index is 0.176. The van der Waals surface area contributed by atoms with Crippen LogP contribution in [0, 0.1) is 11.8 Å². The van der Waals surface area contributed by atoms with Gasteiger partial charge in [0.15, 0.2) is 0 Å². The molecule has 0 radical (unpaired) electrons. The molecule has 0 heterocycles. The molecule has 0 saturated heterocycles. The van der Waals surface area contributed by atoms with E-state index in [0.717, 1.165) is 45.3 Å². The Labute approximate surface area is 122 Å². The summed E-state index contributed by atoms with van der Waals surface area (Å²) in [6, 6.07) is 0. The Morgan fingerprint density at radius 2 is 2.10 bits per heavy atom. The first-order valence-electron chi connectivity index (χ1n) is 7.82. The largest absolute Gasteiger partial charge is 0.382 e. The molecule has 2 unspecified atom stereocenters. The molecular formula is C15H30N2O3. The van der Waals surface area contributed by atoms with Crippen LogP contribution in [0.1, 0.15) is 38.5 Å². The van der Waals surface area contributed by atoms with Gasteiger partial charge in [0, 0.05) is 26.2 Å². The van der Waals surface area contributed by atoms with Crippen LogP contribution < -0.4 is 11.1 Å². The Kier molecular flexibility index (Phi) is 9.62. The SMILES string of the molecule is COCCOCCCCNC(=O)C1CCCC(CN)C1. The molecule has 0 aromatic heterocycles. The van der Waals surface area contributed by atoms with Crippen molar-refractivity contribution < 1.29 is 14.3 Å². The third-order valence-electron chi connectivity index (χ3n) is 3.93. The van der Waals surface area contributed by atoms with Gasteiger partial charge >= 0.3 is 0 Å². The van der Waals surface area contributed by atoms with Crippen molar-refractivity contribution in [3.8, 4) is 0 Å². The predicted molar refractivity (Wildman–Crippen MR) is 79.4 cm³/mol. The van der Waals surface area contributed by atoms with E-state index < -0.39 is 0 Å². The van der Waals surface area contributed by atoms with Gasteiger partial charge in [0.2, 0.25) is 5.91 Å². The molecule has 1 aliphatic rings. The Bertz CT molecular complexity index is 262. The van der Waals surface area contributed by atoms with Gasteiger partial charge in [-0.1, -0.05) is 6.42 Å². The lowest BCUT2D eigenvalue weighted by atomic mass is 9.81. The van der Waals surface area contributed by atoms with Crippen LogP contribution in [0.25, 0.3) is 0 Å². The molecule has 1 rings (SSSR count). The number of carbonyl (C=O) groups excluding carboxylic acids is 1. The van der Waals surface area contributed by atoms with Crippen molar-refractivity contribution >= 4 is 5.91 Å². The van der Waals surface area contributed by atoms with Gasteiger partial charge in [0.05, 0.1) is 13.2 Å². The van der Waals surface area contributed by atoms with Gasteiger partial charge in [0.25, 0.3) is 0 Å². The number of nitrogens with two attached hydrogens (primary N) is 1. The molecule has 20 heavy (non-hydrogen) atoms. The van der Waals surface area contributed by atoms with Crippen molar-refractivity contribution in [2.24, 2.45) is 17.6 Å². The van der Waals surface area contributed by atoms with Gasteiger partial charge in [-0.2, -0.15) is 0 Å². The number of carbonyl (C=O) groups is 1. The number of hydrogen-bond donors (Lipinski definition) is 2. The lowest BCUT2D eigenvalue weighted by Gasteiger charge is -2.27. The van der Waals surface area contributed by atoms with Crippen molar-refractivity contribution in [1.29, 1.82) is 0 Å². The molecule has 0 spiro atoms. The first-order valence-corrected chi connectivity index (χ1v) is 7.82. The molecule has 118 valence electrons. The second kappa shape index (κ2) is 11.1. The van der Waals surface area contributed by atoms with E-state index in [-0.39, 0.29) is 11.8 Å². The minimum Gasteiger partial charge on any atom is -0.382 e. The standard InChI is InChI=1S/C15H30N2O3/c1-19-9-10-20-8-3-2-7-17-15(18)14-6-4-5-13(11-14)12-16/h13-14H,2-12,16H2,1H3,(H,17,18). The number of hydrogen-bond acceptors (Lipinski definition) is 4. The fraction of sp³-hybridized carbons (Fsp3) is 0.933. The van der Waals surface area contributed by atoms with Crippen LogP contribution in [-0.4, -0.2) is 45.9 Å². The summed E-state index contributed by atoms with van der Waals surface area (Å²) in [6.45, 7) is 3.48. The Morgan fingerprint density at radius 3 is 2.85 bits per heavy atom. The zero-order chi connectivity index (χ0) is 14.6. The molecule has 0 aromatic carbocycles. The van der Waals surface area contributed by atoms with E-state index in [1.807, 2.05) is 0 Å². The molecule has 5 heteroatoms. The van der Waals surface area contributed by atoms with Crippen LogP contribution in [0.2, 0.25) is 0 Å². The highest BCUT2D eigenvalue weighted by atomic mass is 16.5. The van der Waals surface area contributed by atoms with Gasteiger partial charge in [-0.3, -0.25) is 4.79 Å². The molecule has 5 nitrogen and oxygen atoms in total. The number of rotatable bonds is 10. The smallest absolute Gasteiger partial charge is 0.223 e. The van der Waals surface area contributed by atoms with Crippen LogP contribution in [0.4, 0.5) is 0 Å². The molecule has 3 N–H and O–H groups in total. The van der Waals surface area contributed by atoms with E-state index in [0.29, 0.717) is 25.7 Å². The second-order valence-electron chi connectivity index (χ2n) is 5.57. The quantitative estimate of drug-likeness (QED) is 0.594. The maximum Gasteiger partial charge on any atom is 0.223 e. The van der Waals surface area contributed by atoms with Crippen LogP contribution in [0.15, 0.2) is 0 Å². The summed E-state index contributed by atoms with van der Waals surface area (Å²) >= 11 is 0. The van der Waals surface area contributed by atoms with Crippen molar-refractivity contribution in [3.63, 3.8) is 0 Å². The van der Waals surface area contributed by atoms with E-state index in [1.165, 1.54) is 6.42 Å². The van der Waals surface area contributed by atoms with Crippen LogP contribution in [0.5, 0.6) is 0 Å². The van der Waals surface area contributed by atoms with E-state index in [4.69, 9.17) is 15.2 Å². The molecule has 0 aliphatic heterocycles. The summed E-state index contributed by atoms with van der Waals surface area (Å²) in [4.78, 5) is 12.0. The van der Waals surface area contributed by atoms with Gasteiger partial charge in [-0.15, -0.1) is 0 Å². The highest BCUT2D eigenvalue weighted by Crippen LogP contribution is 2.28. The van der Waals surface area contributed by atoms with E-state index >= 15 is 0 Å². The second-order valence-corrected chi connectivity index (χ2v) is 5.57. The zero-order valence-corrected chi connectivity index (χ0v) is 12.7. The number of ether oxygens (including phenoxy) is 2. The molecule has 1 saturated carbocycles. The monoisotopic (exact) mass is 286 g/mol. The van der Waals surface area contributed by atoms with Crippen molar-refractivity contribution in [3.05, 3.63) is 0 Å². The lowest BCUT2D eigenvalue weighted by Crippen LogP contribution is -2.35. The average molecular weight is 286 g/mol. The van der Waals surface area contributed by atoms with Gasteiger partial charge < -0.3 is 20.5 Å². The van der Waals surface area contributed by atoms with Crippen LogP contribution in [0.3, 0.4) is 0 Å². The number of nitrogens with one attached hydrogen (secondary N) is 1. The third-order valence-corrected chi connectivity index (χ3v) is 3.93. The summed E-state index contributed by atoms with van der Waals surface area (Å²) in [5.74, 6) is 0.924. The molecule has 0 aromatic rings. The maximum atomic E-state index is 12.0. The minimum absolute atomic E-state index is 0.176. The van der Waals surface area contributed by atoms with E-state index in [2.05, 4.69) is 5.32 Å². The average Bonchev–Trinajstić information content (AvgIpc) is 2.49. The summed E-state index contributed by atoms with van der Waals surface area (Å²) in [7, 11) is 1.67. The molecule has 1 aliphatic carbocycles. The number of unbranched alkanes of at least 4 members (excludes halogenated alkanes) is 1. The van der Waals surface area contributed by atoms with E-state index in [1.54, 1.807) is 7.11 Å². The number of amides is 1. The van der Waals surface area contributed by atoms with Gasteiger partial charge in [0.1, 0.15) is 0 Å². The van der Waals surface area contributed by atoms with Crippen molar-refractivity contribution in [2.75, 3.05) is 40.0 Å². The number of methoxy groups -OCH3 is 1. The van der Waals surface area contributed by atoms with Crippen LogP contribution >= 0.6 is 0 Å². The highest BCUT2D eigenvalue weighted by molar-refractivity contribution is 5.78. The fourth-order valence-electron chi connectivity index (χ4n) is 2.67. The summed E-state index contributed by atoms with van der Waals surface area (Å²) in [5, 5.41) is 3.04. The highest BCUT2D eigenvalue weighted by Gasteiger charge is 2.25. The Balaban J connectivity index is 1.99. The maximum absolute atomic E-state index is 12.0. The van der Waals surface area contributed by atoms with Gasteiger partial charge in [-0.25, -0.2) is 0 Å². The van der Waals surface area contributed by atoms with Crippen molar-refractivity contribution in [1.82, 2.24) is 5.32 Å². The molecule has 1 fully saturated rings. The predicted octanol–water partition coefficient (Wildman–Crippen LogP) is 1.31. The molecular weight excluding hydrogens is 256 g/mol. The lowest BCUT2D eigenvalue weighted by molar-refractivity contribution is -0.126. The normalized spacial score (nSPS) is 22.7. The summed E-state index contributed by atoms with van der Waals surface area (Å²) in [5.41, 5.74) is 5.70. The summed E-state index contributed by atoms with van der Waals surface area (Å²) < 4.78 is 10.3. The Hall–Kier alpha value is -0.650. The molecule has 1 amide bonds. The Morgan fingerprint density at radius 1 is 1.25 bits per heavy atom. The first kappa shape index (κ1) is 17.4.